The van der Waals surface area contributed by atoms with Gasteiger partial charge in [0.1, 0.15) is 52.0 Å². The SMILES string of the molecule is Cc1nc2c(Nc3ccc(C=O)cc3N(C)S(C)=O)cc(Nc3cccc(C#N)n3)nc2n1PI. The Morgan fingerprint density at radius 3 is 2.63 bits per heavy atom. The molecule has 0 aliphatic heterocycles. The largest absolute Gasteiger partial charge is 0.352 e. The molecule has 35 heavy (non-hydrogen) atoms. The smallest absolute Gasteiger partial charge is 0.168 e. The number of pyridine rings is 2. The van der Waals surface area contributed by atoms with Crippen LogP contribution in [0.3, 0.4) is 0 Å². The van der Waals surface area contributed by atoms with Crippen molar-refractivity contribution in [3.63, 3.8) is 0 Å². The number of nitriles is 1. The van der Waals surface area contributed by atoms with Crippen molar-refractivity contribution in [3.8, 4) is 6.07 Å². The first-order valence-corrected chi connectivity index (χ1v) is 15.8. The summed E-state index contributed by atoms with van der Waals surface area (Å²) in [6.45, 7) is 1.92. The Bertz CT molecular complexity index is 1500. The maximum absolute atomic E-state index is 12.2. The third kappa shape index (κ3) is 5.27. The molecule has 2 N–H and O–H groups in total. The molecule has 0 aliphatic carbocycles. The molecule has 3 aromatic heterocycles. The van der Waals surface area contributed by atoms with Crippen LogP contribution in [0.25, 0.3) is 11.2 Å². The van der Waals surface area contributed by atoms with Gasteiger partial charge in [-0.2, -0.15) is 5.26 Å². The van der Waals surface area contributed by atoms with Crippen LogP contribution in [-0.2, 0) is 11.0 Å². The number of aryl methyl sites for hydroxylation is 1. The highest BCUT2D eigenvalue weighted by Gasteiger charge is 2.18. The molecule has 2 unspecified atom stereocenters. The Labute approximate surface area is 219 Å². The number of carbonyl (C=O) groups excluding carboxylic acids is 1. The van der Waals surface area contributed by atoms with Gasteiger partial charge in [0.05, 0.1) is 23.4 Å². The molecule has 4 aromatic rings. The average molecular weight is 618 g/mol. The Balaban J connectivity index is 1.85. The molecule has 10 nitrogen and oxygen atoms in total. The minimum absolute atomic E-state index is 0.291. The quantitative estimate of drug-likeness (QED) is 0.163. The van der Waals surface area contributed by atoms with Gasteiger partial charge in [-0.25, -0.2) is 19.2 Å². The first-order chi connectivity index (χ1) is 16.8. The van der Waals surface area contributed by atoms with Crippen LogP contribution < -0.4 is 14.9 Å². The molecule has 4 rings (SSSR count). The number of aromatic nitrogens is 4. The van der Waals surface area contributed by atoms with Gasteiger partial charge in [-0.3, -0.25) is 13.4 Å². The minimum Gasteiger partial charge on any atom is -0.352 e. The van der Waals surface area contributed by atoms with Crippen LogP contribution in [0.1, 0.15) is 21.9 Å². The molecule has 0 fully saturated rings. The van der Waals surface area contributed by atoms with E-state index in [9.17, 15) is 14.3 Å². The lowest BCUT2D eigenvalue weighted by atomic mass is 10.1. The molecule has 0 amide bonds. The summed E-state index contributed by atoms with van der Waals surface area (Å²) in [7, 11) is 0.395. The van der Waals surface area contributed by atoms with E-state index in [0.717, 1.165) is 12.1 Å². The molecule has 0 saturated heterocycles. The zero-order chi connectivity index (χ0) is 25.1. The highest BCUT2D eigenvalue weighted by atomic mass is 127. The Morgan fingerprint density at radius 2 is 1.94 bits per heavy atom. The third-order valence-corrected chi connectivity index (χ3v) is 8.26. The van der Waals surface area contributed by atoms with E-state index in [-0.39, 0.29) is 0 Å². The van der Waals surface area contributed by atoms with E-state index in [4.69, 9.17) is 9.97 Å². The molecule has 0 saturated carbocycles. The molecule has 0 aliphatic rings. The van der Waals surface area contributed by atoms with Crippen LogP contribution in [0.4, 0.5) is 28.7 Å². The van der Waals surface area contributed by atoms with E-state index in [1.165, 1.54) is 0 Å². The zero-order valence-electron chi connectivity index (χ0n) is 18.9. The molecule has 2 atom stereocenters. The van der Waals surface area contributed by atoms with Crippen LogP contribution in [-0.4, -0.2) is 43.1 Å². The van der Waals surface area contributed by atoms with Crippen LogP contribution >= 0.6 is 28.4 Å². The first-order valence-electron chi connectivity index (χ1n) is 10.2. The molecule has 178 valence electrons. The van der Waals surface area contributed by atoms with Crippen LogP contribution in [0, 0.1) is 18.3 Å². The highest BCUT2D eigenvalue weighted by molar-refractivity contribution is 14.2. The van der Waals surface area contributed by atoms with Crippen LogP contribution in [0.2, 0.25) is 0 Å². The molecule has 0 spiro atoms. The Hall–Kier alpha value is -3.14. The van der Waals surface area contributed by atoms with Crippen molar-refractivity contribution in [3.05, 3.63) is 59.5 Å². The molecule has 1 aromatic carbocycles. The number of benzene rings is 1. The predicted octanol–water partition coefficient (Wildman–Crippen LogP) is 4.83. The summed E-state index contributed by atoms with van der Waals surface area (Å²) in [6, 6.07) is 14.1. The van der Waals surface area contributed by atoms with E-state index in [0.29, 0.717) is 57.5 Å². The predicted molar refractivity (Wildman–Crippen MR) is 150 cm³/mol. The number of anilines is 5. The summed E-state index contributed by atoms with van der Waals surface area (Å²) in [5.41, 5.74) is 4.03. The third-order valence-electron chi connectivity index (χ3n) is 5.14. The molecular weight excluding hydrogens is 598 g/mol. The van der Waals surface area contributed by atoms with Gasteiger partial charge in [-0.15, -0.1) is 0 Å². The standard InChI is InChI=1S/C22H20IN8O2PS/c1-13-25-21-17(27-16-8-7-14(12-32)9-18(16)30(2)35(3)33)10-20(29-22(21)31(13)34-23)28-19-6-4-5-15(11-24)26-19/h4-10,12,34H,1-3H3,(H2,26,27,28,29). The lowest BCUT2D eigenvalue weighted by molar-refractivity contribution is 0.112. The van der Waals surface area contributed by atoms with Gasteiger partial charge in [0.15, 0.2) is 5.65 Å². The molecule has 0 radical (unpaired) electrons. The number of hydrogen-bond acceptors (Lipinski definition) is 8. The van der Waals surface area contributed by atoms with E-state index < -0.39 is 11.0 Å². The van der Waals surface area contributed by atoms with Crippen molar-refractivity contribution in [2.24, 2.45) is 0 Å². The lowest BCUT2D eigenvalue weighted by Gasteiger charge is -2.21. The number of nitrogens with one attached hydrogen (secondary N) is 2. The zero-order valence-corrected chi connectivity index (χ0v) is 22.9. The van der Waals surface area contributed by atoms with Gasteiger partial charge >= 0.3 is 0 Å². The number of halogens is 1. The fourth-order valence-electron chi connectivity index (χ4n) is 3.39. The molecule has 13 heteroatoms. The fraction of sp³-hybridized carbons (Fsp3) is 0.136. The monoisotopic (exact) mass is 618 g/mol. The van der Waals surface area contributed by atoms with E-state index in [1.807, 2.05) is 17.3 Å². The van der Waals surface area contributed by atoms with Gasteiger partial charge in [0.25, 0.3) is 0 Å². The fourth-order valence-corrected chi connectivity index (χ4v) is 5.96. The van der Waals surface area contributed by atoms with Crippen molar-refractivity contribution in [1.82, 2.24) is 19.3 Å². The summed E-state index contributed by atoms with van der Waals surface area (Å²) in [5, 5.41) is 15.7. The topological polar surface area (TPSA) is 129 Å². The number of aldehydes is 1. The Morgan fingerprint density at radius 1 is 1.14 bits per heavy atom. The summed E-state index contributed by atoms with van der Waals surface area (Å²) in [5.74, 6) is 1.81. The van der Waals surface area contributed by atoms with E-state index in [1.54, 1.807) is 60.1 Å². The maximum atomic E-state index is 12.2. The average Bonchev–Trinajstić information content (AvgIpc) is 3.18. The molecule has 3 heterocycles. The number of carbonyl (C=O) groups is 1. The second kappa shape index (κ2) is 10.6. The maximum Gasteiger partial charge on any atom is 0.168 e. The second-order valence-electron chi connectivity index (χ2n) is 7.39. The van der Waals surface area contributed by atoms with Crippen LogP contribution in [0.15, 0.2) is 42.5 Å². The molecule has 0 bridgehead atoms. The minimum atomic E-state index is -1.30. The van der Waals surface area contributed by atoms with E-state index >= 15 is 0 Å². The highest BCUT2D eigenvalue weighted by Crippen LogP contribution is 2.37. The number of imidazole rings is 1. The van der Waals surface area contributed by atoms with Crippen molar-refractivity contribution < 1.29 is 9.00 Å². The van der Waals surface area contributed by atoms with Crippen molar-refractivity contribution in [2.75, 3.05) is 28.2 Å². The summed E-state index contributed by atoms with van der Waals surface area (Å²) in [6.07, 6.45) is 2.70. The molecular formula is C22H20IN8O2PS. The van der Waals surface area contributed by atoms with Gasteiger partial charge < -0.3 is 10.6 Å². The summed E-state index contributed by atoms with van der Waals surface area (Å²) < 4.78 is 15.8. The number of rotatable bonds is 8. The van der Waals surface area contributed by atoms with Crippen molar-refractivity contribution in [1.29, 1.82) is 5.26 Å². The lowest BCUT2D eigenvalue weighted by Crippen LogP contribution is -2.20. The van der Waals surface area contributed by atoms with Gasteiger partial charge in [-0.05, 0) is 59.3 Å². The number of fused-ring (bicyclic) bond motifs is 1. The normalized spacial score (nSPS) is 12.0. The summed E-state index contributed by atoms with van der Waals surface area (Å²) >= 11 is 2.28. The first kappa shape index (κ1) is 25.0. The van der Waals surface area contributed by atoms with Crippen molar-refractivity contribution in [2.45, 2.75) is 6.92 Å². The van der Waals surface area contributed by atoms with Crippen LogP contribution in [0.5, 0.6) is 0 Å². The second-order valence-corrected chi connectivity index (χ2v) is 10.9. The van der Waals surface area contributed by atoms with Gasteiger partial charge in [0, 0.05) is 24.9 Å². The number of hydrogen-bond donors (Lipinski definition) is 2. The number of nitrogens with zero attached hydrogens (tertiary/aromatic N) is 6. The van der Waals surface area contributed by atoms with Crippen molar-refractivity contribution >= 4 is 85.5 Å². The van der Waals surface area contributed by atoms with E-state index in [2.05, 4.69) is 37.7 Å². The van der Waals surface area contributed by atoms with Gasteiger partial charge in [-0.1, -0.05) is 6.07 Å². The van der Waals surface area contributed by atoms with Gasteiger partial charge in [0.2, 0.25) is 0 Å². The Kier molecular flexibility index (Phi) is 7.59. The summed E-state index contributed by atoms with van der Waals surface area (Å²) in [4.78, 5) is 25.1.